The Balaban J connectivity index is 1.56. The van der Waals surface area contributed by atoms with E-state index in [1.165, 1.54) is 0 Å². The van der Waals surface area contributed by atoms with Crippen molar-refractivity contribution < 1.29 is 4.79 Å². The van der Waals surface area contributed by atoms with Crippen molar-refractivity contribution in [3.63, 3.8) is 0 Å². The topological polar surface area (TPSA) is 61.4 Å². The molecule has 0 aliphatic carbocycles. The Morgan fingerprint density at radius 1 is 1.21 bits per heavy atom. The Hall–Kier alpha value is -2.18. The van der Waals surface area contributed by atoms with Gasteiger partial charge in [-0.25, -0.2) is 4.98 Å². The minimum Gasteiger partial charge on any atom is -0.353 e. The number of benzene rings is 1. The molecule has 1 N–H and O–H groups in total. The molecule has 1 aliphatic rings. The van der Waals surface area contributed by atoms with E-state index in [9.17, 15) is 4.79 Å². The second kappa shape index (κ2) is 7.59. The Labute approximate surface area is 146 Å². The number of piperazine rings is 1. The molecule has 1 aliphatic heterocycles. The van der Waals surface area contributed by atoms with Crippen molar-refractivity contribution in [3.8, 4) is 0 Å². The van der Waals surface area contributed by atoms with Crippen LogP contribution in [0, 0.1) is 0 Å². The summed E-state index contributed by atoms with van der Waals surface area (Å²) in [5, 5.41) is 3.45. The molecule has 0 radical (unpaired) electrons. The van der Waals surface area contributed by atoms with E-state index in [0.717, 1.165) is 32.0 Å². The Bertz CT molecular complexity index is 688. The minimum atomic E-state index is -0.217. The highest BCUT2D eigenvalue weighted by Gasteiger charge is 2.26. The van der Waals surface area contributed by atoms with Gasteiger partial charge in [0.2, 0.25) is 5.91 Å². The molecule has 1 aromatic heterocycles. The highest BCUT2D eigenvalue weighted by Crippen LogP contribution is 2.21. The summed E-state index contributed by atoms with van der Waals surface area (Å²) in [7, 11) is 0. The zero-order chi connectivity index (χ0) is 16.9. The first kappa shape index (κ1) is 16.7. The van der Waals surface area contributed by atoms with Crippen LogP contribution in [0.5, 0.6) is 0 Å². The SMILES string of the molecule is CC(C(=O)Nc1ccccc1Cl)N1CCN(c2cnccn2)CC1. The third-order valence-corrected chi connectivity index (χ3v) is 4.58. The summed E-state index contributed by atoms with van der Waals surface area (Å²) in [6, 6.07) is 7.05. The molecule has 7 heteroatoms. The minimum absolute atomic E-state index is 0.0453. The maximum Gasteiger partial charge on any atom is 0.241 e. The monoisotopic (exact) mass is 345 g/mol. The molecular weight excluding hydrogens is 326 g/mol. The fourth-order valence-electron chi connectivity index (χ4n) is 2.76. The van der Waals surface area contributed by atoms with Gasteiger partial charge in [0.1, 0.15) is 5.82 Å². The number of carbonyl (C=O) groups is 1. The second-order valence-corrected chi connectivity index (χ2v) is 6.14. The molecule has 1 atom stereocenters. The molecule has 0 saturated carbocycles. The molecule has 3 rings (SSSR count). The third kappa shape index (κ3) is 3.83. The van der Waals surface area contributed by atoms with Gasteiger partial charge in [0.15, 0.2) is 0 Å². The fourth-order valence-corrected chi connectivity index (χ4v) is 2.94. The van der Waals surface area contributed by atoms with Crippen LogP contribution < -0.4 is 10.2 Å². The number of aromatic nitrogens is 2. The molecule has 126 valence electrons. The zero-order valence-electron chi connectivity index (χ0n) is 13.5. The average molecular weight is 346 g/mol. The first-order chi connectivity index (χ1) is 11.6. The van der Waals surface area contributed by atoms with Gasteiger partial charge in [-0.2, -0.15) is 0 Å². The van der Waals surface area contributed by atoms with Crippen LogP contribution in [-0.2, 0) is 4.79 Å². The number of halogens is 1. The fraction of sp³-hybridized carbons (Fsp3) is 0.353. The van der Waals surface area contributed by atoms with Crippen molar-refractivity contribution in [2.75, 3.05) is 36.4 Å². The maximum atomic E-state index is 12.5. The summed E-state index contributed by atoms with van der Waals surface area (Å²) in [6.45, 7) is 5.16. The lowest BCUT2D eigenvalue weighted by atomic mass is 10.2. The van der Waals surface area contributed by atoms with E-state index >= 15 is 0 Å². The van der Waals surface area contributed by atoms with E-state index in [2.05, 4.69) is 25.1 Å². The van der Waals surface area contributed by atoms with Gasteiger partial charge >= 0.3 is 0 Å². The number of nitrogens with zero attached hydrogens (tertiary/aromatic N) is 4. The molecular formula is C17H20ClN5O. The van der Waals surface area contributed by atoms with Crippen LogP contribution in [0.2, 0.25) is 5.02 Å². The van der Waals surface area contributed by atoms with Gasteiger partial charge in [-0.15, -0.1) is 0 Å². The lowest BCUT2D eigenvalue weighted by Crippen LogP contribution is -2.53. The molecule has 1 saturated heterocycles. The van der Waals surface area contributed by atoms with Crippen LogP contribution in [0.25, 0.3) is 0 Å². The number of rotatable bonds is 4. The Morgan fingerprint density at radius 3 is 2.62 bits per heavy atom. The van der Waals surface area contributed by atoms with E-state index in [1.807, 2.05) is 19.1 Å². The number of carbonyl (C=O) groups excluding carboxylic acids is 1. The van der Waals surface area contributed by atoms with Crippen molar-refractivity contribution in [2.24, 2.45) is 0 Å². The highest BCUT2D eigenvalue weighted by atomic mass is 35.5. The summed E-state index contributed by atoms with van der Waals surface area (Å²) >= 11 is 6.10. The predicted octanol–water partition coefficient (Wildman–Crippen LogP) is 2.28. The van der Waals surface area contributed by atoms with Crippen molar-refractivity contribution in [1.29, 1.82) is 0 Å². The maximum absolute atomic E-state index is 12.5. The number of amides is 1. The van der Waals surface area contributed by atoms with E-state index in [-0.39, 0.29) is 11.9 Å². The summed E-state index contributed by atoms with van der Waals surface area (Å²) < 4.78 is 0. The molecule has 1 fully saturated rings. The molecule has 1 aromatic carbocycles. The van der Waals surface area contributed by atoms with Crippen molar-refractivity contribution >= 4 is 29.0 Å². The molecule has 2 heterocycles. The third-order valence-electron chi connectivity index (χ3n) is 4.25. The normalized spacial score (nSPS) is 16.7. The van der Waals surface area contributed by atoms with Gasteiger partial charge in [0, 0.05) is 38.6 Å². The molecule has 1 unspecified atom stereocenters. The van der Waals surface area contributed by atoms with Crippen LogP contribution in [0.15, 0.2) is 42.9 Å². The molecule has 6 nitrogen and oxygen atoms in total. The van der Waals surface area contributed by atoms with Gasteiger partial charge in [-0.05, 0) is 19.1 Å². The van der Waals surface area contributed by atoms with Crippen LogP contribution in [-0.4, -0.2) is 53.0 Å². The van der Waals surface area contributed by atoms with E-state index in [1.54, 1.807) is 30.7 Å². The molecule has 1 amide bonds. The van der Waals surface area contributed by atoms with Gasteiger partial charge in [-0.3, -0.25) is 14.7 Å². The average Bonchev–Trinajstić information content (AvgIpc) is 2.64. The molecule has 24 heavy (non-hydrogen) atoms. The number of nitrogens with one attached hydrogen (secondary N) is 1. The summed E-state index contributed by atoms with van der Waals surface area (Å²) in [4.78, 5) is 25.2. The quantitative estimate of drug-likeness (QED) is 0.921. The van der Waals surface area contributed by atoms with Gasteiger partial charge in [-0.1, -0.05) is 23.7 Å². The predicted molar refractivity (Wildman–Crippen MR) is 95.4 cm³/mol. The smallest absolute Gasteiger partial charge is 0.241 e. The molecule has 2 aromatic rings. The first-order valence-corrected chi connectivity index (χ1v) is 8.33. The first-order valence-electron chi connectivity index (χ1n) is 7.95. The lowest BCUT2D eigenvalue weighted by molar-refractivity contribution is -0.120. The van der Waals surface area contributed by atoms with Gasteiger partial charge < -0.3 is 10.2 Å². The number of para-hydroxylation sites is 1. The van der Waals surface area contributed by atoms with Crippen LogP contribution in [0.4, 0.5) is 11.5 Å². The van der Waals surface area contributed by atoms with Crippen LogP contribution in [0.1, 0.15) is 6.92 Å². The van der Waals surface area contributed by atoms with Crippen LogP contribution >= 0.6 is 11.6 Å². The van der Waals surface area contributed by atoms with E-state index in [0.29, 0.717) is 10.7 Å². The standard InChI is InChI=1S/C17H20ClN5O/c1-13(17(24)21-15-5-3-2-4-14(15)18)22-8-10-23(11-9-22)16-12-19-6-7-20-16/h2-7,12-13H,8-11H2,1H3,(H,21,24). The number of hydrogen-bond acceptors (Lipinski definition) is 5. The van der Waals surface area contributed by atoms with E-state index in [4.69, 9.17) is 11.6 Å². The summed E-state index contributed by atoms with van der Waals surface area (Å²) in [5.74, 6) is 0.835. The van der Waals surface area contributed by atoms with Crippen molar-refractivity contribution in [3.05, 3.63) is 47.9 Å². The second-order valence-electron chi connectivity index (χ2n) is 5.73. The Morgan fingerprint density at radius 2 is 1.96 bits per heavy atom. The summed E-state index contributed by atoms with van der Waals surface area (Å²) in [5.41, 5.74) is 0.647. The number of hydrogen-bond donors (Lipinski definition) is 1. The van der Waals surface area contributed by atoms with Crippen LogP contribution in [0.3, 0.4) is 0 Å². The Kier molecular flexibility index (Phi) is 5.27. The molecule has 0 spiro atoms. The molecule has 0 bridgehead atoms. The van der Waals surface area contributed by atoms with Gasteiger partial charge in [0.05, 0.1) is 22.9 Å². The lowest BCUT2D eigenvalue weighted by Gasteiger charge is -2.37. The highest BCUT2D eigenvalue weighted by molar-refractivity contribution is 6.33. The van der Waals surface area contributed by atoms with Gasteiger partial charge in [0.25, 0.3) is 0 Å². The summed E-state index contributed by atoms with van der Waals surface area (Å²) in [6.07, 6.45) is 5.13. The number of anilines is 2. The van der Waals surface area contributed by atoms with Crippen molar-refractivity contribution in [1.82, 2.24) is 14.9 Å². The van der Waals surface area contributed by atoms with Crippen molar-refractivity contribution in [2.45, 2.75) is 13.0 Å². The zero-order valence-corrected chi connectivity index (χ0v) is 14.3. The van der Waals surface area contributed by atoms with E-state index < -0.39 is 0 Å². The largest absolute Gasteiger partial charge is 0.353 e.